The van der Waals surface area contributed by atoms with Gasteiger partial charge in [-0.2, -0.15) is 0 Å². The Bertz CT molecular complexity index is 744. The van der Waals surface area contributed by atoms with E-state index in [-0.39, 0.29) is 23.3 Å². The smallest absolute Gasteiger partial charge is 0.228 e. The lowest BCUT2D eigenvalue weighted by molar-refractivity contribution is -0.137. The van der Waals surface area contributed by atoms with Crippen LogP contribution in [-0.4, -0.2) is 66.5 Å². The minimum Gasteiger partial charge on any atom is -0.495 e. The number of methoxy groups -OCH3 is 1. The SMILES string of the molecule is COc1ccccc1N1CCN(C(=O)C2CC(=O)N(C3CC3)C2)CC1(C)C. The van der Waals surface area contributed by atoms with E-state index in [4.69, 9.17) is 4.74 Å². The molecule has 1 aliphatic carbocycles. The summed E-state index contributed by atoms with van der Waals surface area (Å²) in [4.78, 5) is 31.5. The number of nitrogens with zero attached hydrogens (tertiary/aromatic N) is 3. The normalized spacial score (nSPS) is 25.1. The largest absolute Gasteiger partial charge is 0.495 e. The molecule has 0 aromatic heterocycles. The van der Waals surface area contributed by atoms with Crippen molar-refractivity contribution in [2.45, 2.75) is 44.7 Å². The summed E-state index contributed by atoms with van der Waals surface area (Å²) in [5, 5.41) is 0. The van der Waals surface area contributed by atoms with Crippen LogP contribution in [0.4, 0.5) is 5.69 Å². The predicted octanol–water partition coefficient (Wildman–Crippen LogP) is 2.13. The number of benzene rings is 1. The van der Waals surface area contributed by atoms with Crippen LogP contribution < -0.4 is 9.64 Å². The fourth-order valence-electron chi connectivity index (χ4n) is 4.54. The summed E-state index contributed by atoms with van der Waals surface area (Å²) in [5.41, 5.74) is 0.856. The number of likely N-dealkylation sites (tertiary alicyclic amines) is 1. The van der Waals surface area contributed by atoms with Crippen LogP contribution >= 0.6 is 0 Å². The Morgan fingerprint density at radius 3 is 2.59 bits per heavy atom. The van der Waals surface area contributed by atoms with E-state index in [2.05, 4.69) is 24.8 Å². The molecule has 0 bridgehead atoms. The van der Waals surface area contributed by atoms with E-state index in [0.29, 0.717) is 32.1 Å². The third kappa shape index (κ3) is 3.37. The van der Waals surface area contributed by atoms with E-state index in [9.17, 15) is 9.59 Å². The molecule has 2 amide bonds. The van der Waals surface area contributed by atoms with Crippen LogP contribution in [0.2, 0.25) is 0 Å². The Balaban J connectivity index is 1.46. The second-order valence-corrected chi connectivity index (χ2v) is 8.57. The number of para-hydroxylation sites is 2. The highest BCUT2D eigenvalue weighted by atomic mass is 16.5. The third-order valence-electron chi connectivity index (χ3n) is 6.08. The average molecular weight is 371 g/mol. The van der Waals surface area contributed by atoms with Gasteiger partial charge < -0.3 is 19.4 Å². The van der Waals surface area contributed by atoms with Gasteiger partial charge in [0.2, 0.25) is 11.8 Å². The van der Waals surface area contributed by atoms with Crippen LogP contribution in [0, 0.1) is 5.92 Å². The molecule has 2 aliphatic heterocycles. The lowest BCUT2D eigenvalue weighted by Crippen LogP contribution is -2.61. The quantitative estimate of drug-likeness (QED) is 0.814. The zero-order valence-electron chi connectivity index (χ0n) is 16.5. The van der Waals surface area contributed by atoms with Gasteiger partial charge in [-0.3, -0.25) is 9.59 Å². The van der Waals surface area contributed by atoms with Crippen molar-refractivity contribution in [3.05, 3.63) is 24.3 Å². The molecule has 1 atom stereocenters. The maximum absolute atomic E-state index is 13.1. The van der Waals surface area contributed by atoms with Gasteiger partial charge >= 0.3 is 0 Å². The van der Waals surface area contributed by atoms with Gasteiger partial charge in [0.15, 0.2) is 0 Å². The highest BCUT2D eigenvalue weighted by Crippen LogP contribution is 2.36. The van der Waals surface area contributed by atoms with Crippen molar-refractivity contribution in [1.82, 2.24) is 9.80 Å². The molecule has 1 aromatic carbocycles. The molecule has 146 valence electrons. The number of hydrogen-bond donors (Lipinski definition) is 0. The second-order valence-electron chi connectivity index (χ2n) is 8.57. The summed E-state index contributed by atoms with van der Waals surface area (Å²) in [6.45, 7) is 7.01. The number of amides is 2. The Morgan fingerprint density at radius 2 is 1.93 bits per heavy atom. The van der Waals surface area contributed by atoms with Gasteiger partial charge in [-0.25, -0.2) is 0 Å². The molecule has 6 heteroatoms. The van der Waals surface area contributed by atoms with Gasteiger partial charge in [0.1, 0.15) is 5.75 Å². The first-order valence-corrected chi connectivity index (χ1v) is 9.89. The Labute approximate surface area is 161 Å². The Hall–Kier alpha value is -2.24. The van der Waals surface area contributed by atoms with Crippen LogP contribution in [-0.2, 0) is 9.59 Å². The van der Waals surface area contributed by atoms with Gasteiger partial charge in [0.25, 0.3) is 0 Å². The van der Waals surface area contributed by atoms with E-state index in [1.807, 2.05) is 28.0 Å². The molecule has 3 fully saturated rings. The van der Waals surface area contributed by atoms with Gasteiger partial charge in [-0.05, 0) is 38.8 Å². The summed E-state index contributed by atoms with van der Waals surface area (Å²) in [6, 6.07) is 8.43. The first kappa shape index (κ1) is 18.1. The standard InChI is InChI=1S/C21H29N3O3/c1-21(2)14-22(10-11-24(21)17-6-4-5-7-18(17)27-3)20(26)15-12-19(25)23(13-15)16-8-9-16/h4-7,15-16H,8-14H2,1-3H3. The van der Waals surface area contributed by atoms with Crippen LogP contribution in [0.25, 0.3) is 0 Å². The van der Waals surface area contributed by atoms with Crippen molar-refractivity contribution < 1.29 is 14.3 Å². The second kappa shape index (κ2) is 6.73. The summed E-state index contributed by atoms with van der Waals surface area (Å²) in [5.74, 6) is 0.973. The van der Waals surface area contributed by atoms with Crippen molar-refractivity contribution in [3.63, 3.8) is 0 Å². The molecule has 1 aromatic rings. The molecule has 0 N–H and O–H groups in total. The van der Waals surface area contributed by atoms with E-state index in [1.165, 1.54) is 0 Å². The maximum Gasteiger partial charge on any atom is 0.228 e. The van der Waals surface area contributed by atoms with Crippen LogP contribution in [0.5, 0.6) is 5.75 Å². The maximum atomic E-state index is 13.1. The van der Waals surface area contributed by atoms with Crippen LogP contribution in [0.15, 0.2) is 24.3 Å². The highest BCUT2D eigenvalue weighted by Gasteiger charge is 2.45. The molecular weight excluding hydrogens is 342 g/mol. The van der Waals surface area contributed by atoms with E-state index in [1.54, 1.807) is 7.11 Å². The highest BCUT2D eigenvalue weighted by molar-refractivity contribution is 5.89. The van der Waals surface area contributed by atoms with Crippen molar-refractivity contribution in [2.24, 2.45) is 5.92 Å². The lowest BCUT2D eigenvalue weighted by atomic mass is 9.95. The molecule has 0 radical (unpaired) electrons. The first-order valence-electron chi connectivity index (χ1n) is 9.89. The van der Waals surface area contributed by atoms with Gasteiger partial charge in [0.05, 0.1) is 24.3 Å². The van der Waals surface area contributed by atoms with Crippen molar-refractivity contribution in [3.8, 4) is 5.75 Å². The van der Waals surface area contributed by atoms with Crippen LogP contribution in [0.3, 0.4) is 0 Å². The van der Waals surface area contributed by atoms with Gasteiger partial charge in [-0.1, -0.05) is 12.1 Å². The molecule has 2 saturated heterocycles. The fourth-order valence-corrected chi connectivity index (χ4v) is 4.54. The number of anilines is 1. The zero-order chi connectivity index (χ0) is 19.2. The predicted molar refractivity (Wildman–Crippen MR) is 104 cm³/mol. The van der Waals surface area contributed by atoms with Crippen molar-refractivity contribution in [2.75, 3.05) is 38.2 Å². The molecule has 1 saturated carbocycles. The van der Waals surface area contributed by atoms with Crippen molar-refractivity contribution in [1.29, 1.82) is 0 Å². The average Bonchev–Trinajstić information content (AvgIpc) is 3.42. The van der Waals surface area contributed by atoms with E-state index < -0.39 is 0 Å². The number of carbonyl (C=O) groups excluding carboxylic acids is 2. The Kier molecular flexibility index (Phi) is 4.52. The Morgan fingerprint density at radius 1 is 1.19 bits per heavy atom. The van der Waals surface area contributed by atoms with E-state index >= 15 is 0 Å². The summed E-state index contributed by atoms with van der Waals surface area (Å²) >= 11 is 0. The molecule has 1 unspecified atom stereocenters. The molecule has 2 heterocycles. The molecule has 0 spiro atoms. The number of piperazine rings is 1. The molecule has 3 aliphatic rings. The summed E-state index contributed by atoms with van der Waals surface area (Å²) < 4.78 is 5.53. The fraction of sp³-hybridized carbons (Fsp3) is 0.619. The zero-order valence-corrected chi connectivity index (χ0v) is 16.5. The number of rotatable bonds is 4. The van der Waals surface area contributed by atoms with Gasteiger partial charge in [-0.15, -0.1) is 0 Å². The molecule has 6 nitrogen and oxygen atoms in total. The van der Waals surface area contributed by atoms with Crippen LogP contribution in [0.1, 0.15) is 33.1 Å². The third-order valence-corrected chi connectivity index (χ3v) is 6.08. The first-order chi connectivity index (χ1) is 12.9. The summed E-state index contributed by atoms with van der Waals surface area (Å²) in [7, 11) is 1.69. The number of ether oxygens (including phenoxy) is 1. The number of carbonyl (C=O) groups is 2. The van der Waals surface area contributed by atoms with Crippen molar-refractivity contribution >= 4 is 17.5 Å². The minimum atomic E-state index is -0.207. The monoisotopic (exact) mass is 371 g/mol. The molecule has 27 heavy (non-hydrogen) atoms. The lowest BCUT2D eigenvalue weighted by Gasteiger charge is -2.49. The van der Waals surface area contributed by atoms with E-state index in [0.717, 1.165) is 30.8 Å². The van der Waals surface area contributed by atoms with Gasteiger partial charge in [0, 0.05) is 38.6 Å². The number of hydrogen-bond acceptors (Lipinski definition) is 4. The topological polar surface area (TPSA) is 53.1 Å². The summed E-state index contributed by atoms with van der Waals surface area (Å²) in [6.07, 6.45) is 2.57. The minimum absolute atomic E-state index is 0.138. The molecule has 4 rings (SSSR count). The molecular formula is C21H29N3O3.